The van der Waals surface area contributed by atoms with Crippen LogP contribution in [0, 0.1) is 23.2 Å². The summed E-state index contributed by atoms with van der Waals surface area (Å²) in [5.74, 6) is 1.64. The topological polar surface area (TPSA) is 23.9 Å². The summed E-state index contributed by atoms with van der Waals surface area (Å²) in [7, 11) is 0. The number of benzene rings is 2. The fourth-order valence-corrected chi connectivity index (χ4v) is 3.98. The minimum atomic E-state index is 0.289. The maximum Gasteiger partial charge on any atom is 0.0423 e. The van der Waals surface area contributed by atoms with E-state index < -0.39 is 0 Å². The first-order valence-corrected chi connectivity index (χ1v) is 9.33. The lowest BCUT2D eigenvalue weighted by Gasteiger charge is -2.37. The molecule has 2 atom stereocenters. The van der Waals surface area contributed by atoms with Crippen LogP contribution in [0.1, 0.15) is 37.3 Å². The average molecular weight is 370 g/mol. The molecule has 23 heavy (non-hydrogen) atoms. The molecule has 1 saturated carbocycles. The SMILES string of the molecule is CC(C1CCC1)C(Cc1ccccc1)C(=N)c1cccc(Br)c1. The Morgan fingerprint density at radius 1 is 1.13 bits per heavy atom. The van der Waals surface area contributed by atoms with E-state index in [9.17, 15) is 0 Å². The zero-order chi connectivity index (χ0) is 16.2. The van der Waals surface area contributed by atoms with Gasteiger partial charge in [0.25, 0.3) is 0 Å². The van der Waals surface area contributed by atoms with Gasteiger partial charge in [0.2, 0.25) is 0 Å². The number of hydrogen-bond acceptors (Lipinski definition) is 1. The van der Waals surface area contributed by atoms with Gasteiger partial charge in [-0.1, -0.05) is 84.6 Å². The predicted octanol–water partition coefficient (Wildman–Crippen LogP) is 6.11. The van der Waals surface area contributed by atoms with Crippen molar-refractivity contribution in [2.75, 3.05) is 0 Å². The van der Waals surface area contributed by atoms with Crippen molar-refractivity contribution in [1.82, 2.24) is 0 Å². The van der Waals surface area contributed by atoms with Crippen LogP contribution in [0.25, 0.3) is 0 Å². The molecule has 0 aliphatic heterocycles. The molecule has 2 aromatic carbocycles. The quantitative estimate of drug-likeness (QED) is 0.593. The number of rotatable bonds is 6. The summed E-state index contributed by atoms with van der Waals surface area (Å²) in [6.07, 6.45) is 4.98. The molecular formula is C21H24BrN. The summed E-state index contributed by atoms with van der Waals surface area (Å²) in [6.45, 7) is 2.35. The summed E-state index contributed by atoms with van der Waals surface area (Å²) in [5.41, 5.74) is 3.17. The van der Waals surface area contributed by atoms with Crippen LogP contribution in [0.4, 0.5) is 0 Å². The van der Waals surface area contributed by atoms with Crippen LogP contribution in [0.3, 0.4) is 0 Å². The highest BCUT2D eigenvalue weighted by Gasteiger charge is 2.32. The van der Waals surface area contributed by atoms with Gasteiger partial charge in [0.15, 0.2) is 0 Å². The minimum absolute atomic E-state index is 0.289. The number of nitrogens with one attached hydrogen (secondary N) is 1. The van der Waals surface area contributed by atoms with Gasteiger partial charge in [0.1, 0.15) is 0 Å². The van der Waals surface area contributed by atoms with E-state index in [1.165, 1.54) is 24.8 Å². The first-order chi connectivity index (χ1) is 11.1. The Hall–Kier alpha value is -1.41. The second-order valence-electron chi connectivity index (χ2n) is 6.77. The Labute approximate surface area is 147 Å². The Morgan fingerprint density at radius 2 is 1.87 bits per heavy atom. The van der Waals surface area contributed by atoms with Crippen molar-refractivity contribution in [1.29, 1.82) is 5.41 Å². The molecule has 0 aromatic heterocycles. The van der Waals surface area contributed by atoms with Gasteiger partial charge in [0.05, 0.1) is 0 Å². The largest absolute Gasteiger partial charge is 0.304 e. The van der Waals surface area contributed by atoms with Gasteiger partial charge in [-0.25, -0.2) is 0 Å². The molecule has 0 spiro atoms. The van der Waals surface area contributed by atoms with E-state index >= 15 is 0 Å². The fraction of sp³-hybridized carbons (Fsp3) is 0.381. The lowest BCUT2D eigenvalue weighted by atomic mass is 9.68. The average Bonchev–Trinajstić information content (AvgIpc) is 2.51. The fourth-order valence-electron chi connectivity index (χ4n) is 3.58. The van der Waals surface area contributed by atoms with Crippen LogP contribution in [0.15, 0.2) is 59.1 Å². The van der Waals surface area contributed by atoms with Gasteiger partial charge in [0, 0.05) is 16.1 Å². The molecule has 0 saturated heterocycles. The molecule has 0 amide bonds. The normalized spacial score (nSPS) is 17.3. The highest BCUT2D eigenvalue weighted by Crippen LogP contribution is 2.39. The summed E-state index contributed by atoms with van der Waals surface area (Å²) < 4.78 is 1.05. The maximum absolute atomic E-state index is 8.84. The molecular weight excluding hydrogens is 346 g/mol. The van der Waals surface area contributed by atoms with Crippen LogP contribution < -0.4 is 0 Å². The molecule has 2 heteroatoms. The zero-order valence-corrected chi connectivity index (χ0v) is 15.2. The Kier molecular flexibility index (Phi) is 5.32. The molecule has 1 nitrogen and oxygen atoms in total. The molecule has 0 bridgehead atoms. The summed E-state index contributed by atoms with van der Waals surface area (Å²) in [4.78, 5) is 0. The van der Waals surface area contributed by atoms with E-state index in [4.69, 9.17) is 5.41 Å². The lowest BCUT2D eigenvalue weighted by molar-refractivity contribution is 0.187. The summed E-state index contributed by atoms with van der Waals surface area (Å²) in [6, 6.07) is 18.8. The standard InChI is InChI=1S/C21H24BrN/c1-15(17-9-5-10-17)20(13-16-7-3-2-4-8-16)21(23)18-11-6-12-19(22)14-18/h2-4,6-8,11-12,14-15,17,20,23H,5,9-10,13H2,1H3. The Balaban J connectivity index is 1.85. The molecule has 0 heterocycles. The van der Waals surface area contributed by atoms with Crippen molar-refractivity contribution in [3.63, 3.8) is 0 Å². The van der Waals surface area contributed by atoms with Gasteiger partial charge in [-0.3, -0.25) is 0 Å². The Bertz CT molecular complexity index is 661. The first kappa shape index (κ1) is 16.4. The number of halogens is 1. The van der Waals surface area contributed by atoms with E-state index in [0.717, 1.165) is 28.1 Å². The molecule has 2 aromatic rings. The maximum atomic E-state index is 8.84. The molecule has 2 unspecified atom stereocenters. The van der Waals surface area contributed by atoms with Crippen molar-refractivity contribution < 1.29 is 0 Å². The lowest BCUT2D eigenvalue weighted by Crippen LogP contribution is -2.32. The molecule has 1 aliphatic carbocycles. The van der Waals surface area contributed by atoms with E-state index in [1.807, 2.05) is 12.1 Å². The van der Waals surface area contributed by atoms with Crippen molar-refractivity contribution in [3.8, 4) is 0 Å². The van der Waals surface area contributed by atoms with Crippen LogP contribution in [-0.4, -0.2) is 5.71 Å². The second-order valence-corrected chi connectivity index (χ2v) is 7.69. The molecule has 0 radical (unpaired) electrons. The first-order valence-electron chi connectivity index (χ1n) is 8.53. The molecule has 1 aliphatic rings. The number of hydrogen-bond donors (Lipinski definition) is 1. The highest BCUT2D eigenvalue weighted by molar-refractivity contribution is 9.10. The smallest absolute Gasteiger partial charge is 0.0423 e. The van der Waals surface area contributed by atoms with Crippen molar-refractivity contribution >= 4 is 21.6 Å². The summed E-state index contributed by atoms with van der Waals surface area (Å²) >= 11 is 3.54. The van der Waals surface area contributed by atoms with Crippen molar-refractivity contribution in [2.45, 2.75) is 32.6 Å². The van der Waals surface area contributed by atoms with Gasteiger partial charge in [-0.05, 0) is 41.5 Å². The van der Waals surface area contributed by atoms with Gasteiger partial charge in [-0.2, -0.15) is 0 Å². The van der Waals surface area contributed by atoms with Crippen LogP contribution in [-0.2, 0) is 6.42 Å². The minimum Gasteiger partial charge on any atom is -0.304 e. The van der Waals surface area contributed by atoms with Crippen LogP contribution in [0.2, 0.25) is 0 Å². The highest BCUT2D eigenvalue weighted by atomic mass is 79.9. The zero-order valence-electron chi connectivity index (χ0n) is 13.6. The van der Waals surface area contributed by atoms with E-state index in [-0.39, 0.29) is 5.92 Å². The molecule has 1 fully saturated rings. The van der Waals surface area contributed by atoms with Crippen LogP contribution in [0.5, 0.6) is 0 Å². The van der Waals surface area contributed by atoms with Gasteiger partial charge < -0.3 is 5.41 Å². The van der Waals surface area contributed by atoms with Gasteiger partial charge >= 0.3 is 0 Å². The van der Waals surface area contributed by atoms with Crippen LogP contribution >= 0.6 is 15.9 Å². The van der Waals surface area contributed by atoms with Crippen molar-refractivity contribution in [2.24, 2.45) is 17.8 Å². The van der Waals surface area contributed by atoms with Gasteiger partial charge in [-0.15, -0.1) is 0 Å². The summed E-state index contributed by atoms with van der Waals surface area (Å²) in [5, 5.41) is 8.84. The molecule has 3 rings (SSSR count). The monoisotopic (exact) mass is 369 g/mol. The third-order valence-electron chi connectivity index (χ3n) is 5.33. The molecule has 120 valence electrons. The van der Waals surface area contributed by atoms with E-state index in [0.29, 0.717) is 5.92 Å². The second kappa shape index (κ2) is 7.44. The molecule has 1 N–H and O–H groups in total. The van der Waals surface area contributed by atoms with E-state index in [1.54, 1.807) is 0 Å². The third kappa shape index (κ3) is 3.92. The predicted molar refractivity (Wildman–Crippen MR) is 101 cm³/mol. The van der Waals surface area contributed by atoms with E-state index in [2.05, 4.69) is 65.3 Å². The third-order valence-corrected chi connectivity index (χ3v) is 5.83. The van der Waals surface area contributed by atoms with Crippen molar-refractivity contribution in [3.05, 3.63) is 70.2 Å². The Morgan fingerprint density at radius 3 is 2.48 bits per heavy atom.